The Morgan fingerprint density at radius 1 is 1.43 bits per heavy atom. The van der Waals surface area contributed by atoms with E-state index in [9.17, 15) is 0 Å². The van der Waals surface area contributed by atoms with Gasteiger partial charge in [-0.1, -0.05) is 16.8 Å². The Morgan fingerprint density at radius 2 is 2.30 bits per heavy atom. The third-order valence-corrected chi connectivity index (χ3v) is 4.53. The zero-order valence-electron chi connectivity index (χ0n) is 12.8. The molecule has 0 saturated heterocycles. The van der Waals surface area contributed by atoms with Gasteiger partial charge in [-0.15, -0.1) is 11.3 Å². The van der Waals surface area contributed by atoms with Gasteiger partial charge in [0, 0.05) is 25.2 Å². The molecular formula is C15H16ClN5OS. The molecule has 23 heavy (non-hydrogen) atoms. The summed E-state index contributed by atoms with van der Waals surface area (Å²) < 4.78 is 5.97. The van der Waals surface area contributed by atoms with Crippen molar-refractivity contribution in [2.45, 2.75) is 13.1 Å². The van der Waals surface area contributed by atoms with Gasteiger partial charge in [-0.3, -0.25) is 4.99 Å². The number of guanidine groups is 1. The standard InChI is InChI=1S/C15H16ClN5OS/c1-17-15(21(2)9-11-5-6-22-20-11)18-8-14-19-12-7-10(16)3-4-13(12)23-14/h3-7H,8-9H2,1-2H3,(H,17,18). The molecule has 3 aromatic rings. The lowest BCUT2D eigenvalue weighted by molar-refractivity contribution is 0.391. The Morgan fingerprint density at radius 3 is 3.04 bits per heavy atom. The van der Waals surface area contributed by atoms with Gasteiger partial charge < -0.3 is 14.7 Å². The number of halogens is 1. The maximum absolute atomic E-state index is 6.00. The molecule has 8 heteroatoms. The highest BCUT2D eigenvalue weighted by Gasteiger charge is 2.10. The fourth-order valence-corrected chi connectivity index (χ4v) is 3.25. The third kappa shape index (κ3) is 3.80. The molecule has 0 aliphatic heterocycles. The summed E-state index contributed by atoms with van der Waals surface area (Å²) >= 11 is 7.64. The molecule has 1 N–H and O–H groups in total. The van der Waals surface area contributed by atoms with E-state index in [2.05, 4.69) is 20.4 Å². The summed E-state index contributed by atoms with van der Waals surface area (Å²) in [6, 6.07) is 7.58. The number of aliphatic imine (C=N–C) groups is 1. The van der Waals surface area contributed by atoms with E-state index in [1.807, 2.05) is 36.2 Å². The largest absolute Gasteiger partial charge is 0.364 e. The van der Waals surface area contributed by atoms with Crippen molar-refractivity contribution >= 4 is 39.1 Å². The van der Waals surface area contributed by atoms with E-state index in [4.69, 9.17) is 16.1 Å². The van der Waals surface area contributed by atoms with E-state index < -0.39 is 0 Å². The Bertz CT molecular complexity index is 815. The first-order valence-corrected chi connectivity index (χ1v) is 8.21. The molecule has 0 aliphatic rings. The molecule has 0 bridgehead atoms. The van der Waals surface area contributed by atoms with Gasteiger partial charge in [-0.25, -0.2) is 4.98 Å². The van der Waals surface area contributed by atoms with Crippen LogP contribution in [0.2, 0.25) is 5.02 Å². The van der Waals surface area contributed by atoms with Gasteiger partial charge in [0.1, 0.15) is 17.0 Å². The van der Waals surface area contributed by atoms with Crippen molar-refractivity contribution in [3.8, 4) is 0 Å². The number of aromatic nitrogens is 2. The number of benzene rings is 1. The van der Waals surface area contributed by atoms with E-state index in [-0.39, 0.29) is 0 Å². The number of hydrogen-bond acceptors (Lipinski definition) is 5. The lowest BCUT2D eigenvalue weighted by Crippen LogP contribution is -2.38. The molecule has 0 fully saturated rings. The van der Waals surface area contributed by atoms with Crippen LogP contribution in [0, 0.1) is 0 Å². The second-order valence-corrected chi connectivity index (χ2v) is 6.52. The van der Waals surface area contributed by atoms with E-state index in [0.717, 1.165) is 26.9 Å². The molecule has 0 amide bonds. The van der Waals surface area contributed by atoms with Gasteiger partial charge >= 0.3 is 0 Å². The first-order valence-electron chi connectivity index (χ1n) is 7.01. The van der Waals surface area contributed by atoms with Crippen LogP contribution in [0.1, 0.15) is 10.7 Å². The van der Waals surface area contributed by atoms with Crippen molar-refractivity contribution in [2.75, 3.05) is 14.1 Å². The lowest BCUT2D eigenvalue weighted by atomic mass is 10.3. The second-order valence-electron chi connectivity index (χ2n) is 4.97. The van der Waals surface area contributed by atoms with Crippen LogP contribution in [0.5, 0.6) is 0 Å². The van der Waals surface area contributed by atoms with Crippen molar-refractivity contribution < 1.29 is 4.52 Å². The summed E-state index contributed by atoms with van der Waals surface area (Å²) in [5, 5.41) is 8.90. The van der Waals surface area contributed by atoms with Crippen LogP contribution in [0.25, 0.3) is 10.2 Å². The second kappa shape index (κ2) is 6.97. The summed E-state index contributed by atoms with van der Waals surface area (Å²) in [5.74, 6) is 0.769. The number of nitrogens with zero attached hydrogens (tertiary/aromatic N) is 4. The average Bonchev–Trinajstić information content (AvgIpc) is 3.16. The van der Waals surface area contributed by atoms with Gasteiger partial charge in [0.05, 0.1) is 23.3 Å². The molecule has 2 heterocycles. The van der Waals surface area contributed by atoms with Crippen LogP contribution < -0.4 is 5.32 Å². The Labute approximate surface area is 142 Å². The number of rotatable bonds is 4. The monoisotopic (exact) mass is 349 g/mol. The van der Waals surface area contributed by atoms with Crippen LogP contribution >= 0.6 is 22.9 Å². The van der Waals surface area contributed by atoms with Gasteiger partial charge in [-0.05, 0) is 18.2 Å². The molecule has 1 aromatic carbocycles. The Balaban J connectivity index is 1.64. The first kappa shape index (κ1) is 15.8. The highest BCUT2D eigenvalue weighted by atomic mass is 35.5. The minimum Gasteiger partial charge on any atom is -0.364 e. The van der Waals surface area contributed by atoms with E-state index in [1.54, 1.807) is 24.6 Å². The summed E-state index contributed by atoms with van der Waals surface area (Å²) in [4.78, 5) is 10.8. The SMILES string of the molecule is CN=C(NCc1nc2cc(Cl)ccc2s1)N(C)Cc1ccon1. The summed E-state index contributed by atoms with van der Waals surface area (Å²) in [6.45, 7) is 1.22. The highest BCUT2D eigenvalue weighted by molar-refractivity contribution is 7.18. The smallest absolute Gasteiger partial charge is 0.194 e. The first-order chi connectivity index (χ1) is 11.2. The van der Waals surface area contributed by atoms with Crippen molar-refractivity contribution in [1.82, 2.24) is 20.4 Å². The molecule has 2 aromatic heterocycles. The van der Waals surface area contributed by atoms with E-state index in [0.29, 0.717) is 18.1 Å². The van der Waals surface area contributed by atoms with Gasteiger partial charge in [0.2, 0.25) is 0 Å². The predicted octanol–water partition coefficient (Wildman–Crippen LogP) is 3.15. The fourth-order valence-electron chi connectivity index (χ4n) is 2.20. The van der Waals surface area contributed by atoms with Crippen LogP contribution in [0.15, 0.2) is 40.0 Å². The summed E-state index contributed by atoms with van der Waals surface area (Å²) in [5.41, 5.74) is 1.77. The Kier molecular flexibility index (Phi) is 4.78. The number of hydrogen-bond donors (Lipinski definition) is 1. The molecule has 0 radical (unpaired) electrons. The maximum Gasteiger partial charge on any atom is 0.194 e. The minimum absolute atomic E-state index is 0.604. The molecule has 3 rings (SSSR count). The quantitative estimate of drug-likeness (QED) is 0.579. The van der Waals surface area contributed by atoms with Crippen LogP contribution in [-0.2, 0) is 13.1 Å². The molecule has 0 spiro atoms. The molecule has 0 atom stereocenters. The van der Waals surface area contributed by atoms with Crippen LogP contribution in [-0.4, -0.2) is 35.1 Å². The van der Waals surface area contributed by atoms with Crippen molar-refractivity contribution in [2.24, 2.45) is 4.99 Å². The predicted molar refractivity (Wildman–Crippen MR) is 92.8 cm³/mol. The lowest BCUT2D eigenvalue weighted by Gasteiger charge is -2.20. The van der Waals surface area contributed by atoms with Crippen LogP contribution in [0.4, 0.5) is 0 Å². The molecule has 6 nitrogen and oxygen atoms in total. The highest BCUT2D eigenvalue weighted by Crippen LogP contribution is 2.24. The molecule has 0 saturated carbocycles. The average molecular weight is 350 g/mol. The maximum atomic E-state index is 6.00. The zero-order chi connectivity index (χ0) is 16.2. The number of nitrogens with one attached hydrogen (secondary N) is 1. The zero-order valence-corrected chi connectivity index (χ0v) is 14.4. The summed E-state index contributed by atoms with van der Waals surface area (Å²) in [7, 11) is 3.70. The Hall–Kier alpha value is -2.12. The third-order valence-electron chi connectivity index (χ3n) is 3.26. The number of thiazole rings is 1. The van der Waals surface area contributed by atoms with E-state index in [1.165, 1.54) is 0 Å². The van der Waals surface area contributed by atoms with E-state index >= 15 is 0 Å². The van der Waals surface area contributed by atoms with Crippen LogP contribution in [0.3, 0.4) is 0 Å². The number of fused-ring (bicyclic) bond motifs is 1. The topological polar surface area (TPSA) is 66.6 Å². The minimum atomic E-state index is 0.604. The van der Waals surface area contributed by atoms with Crippen molar-refractivity contribution in [1.29, 1.82) is 0 Å². The fraction of sp³-hybridized carbons (Fsp3) is 0.267. The molecule has 120 valence electrons. The molecular weight excluding hydrogens is 334 g/mol. The van der Waals surface area contributed by atoms with Crippen molar-refractivity contribution in [3.63, 3.8) is 0 Å². The normalized spacial score (nSPS) is 11.9. The summed E-state index contributed by atoms with van der Waals surface area (Å²) in [6.07, 6.45) is 1.56. The van der Waals surface area contributed by atoms with Gasteiger partial charge in [0.15, 0.2) is 5.96 Å². The van der Waals surface area contributed by atoms with Crippen molar-refractivity contribution in [3.05, 3.63) is 46.3 Å². The van der Waals surface area contributed by atoms with Gasteiger partial charge in [-0.2, -0.15) is 0 Å². The molecule has 0 unspecified atom stereocenters. The van der Waals surface area contributed by atoms with Gasteiger partial charge in [0.25, 0.3) is 0 Å². The molecule has 0 aliphatic carbocycles.